The molecule has 0 unspecified atom stereocenters. The van der Waals surface area contributed by atoms with Crippen molar-refractivity contribution in [2.75, 3.05) is 19.0 Å². The lowest BCUT2D eigenvalue weighted by atomic mass is 10.1. The van der Waals surface area contributed by atoms with E-state index in [1.165, 1.54) is 13.2 Å². The maximum Gasteiger partial charge on any atom is 0.433 e. The lowest BCUT2D eigenvalue weighted by molar-refractivity contribution is -0.140. The zero-order valence-electron chi connectivity index (χ0n) is 10.8. The third-order valence-corrected chi connectivity index (χ3v) is 2.74. The van der Waals surface area contributed by atoms with Crippen LogP contribution in [0.3, 0.4) is 0 Å². The molecule has 2 rings (SSSR count). The predicted octanol–water partition coefficient (Wildman–Crippen LogP) is 3.83. The summed E-state index contributed by atoms with van der Waals surface area (Å²) in [5, 5.41) is 3.19. The molecule has 0 atom stereocenters. The van der Waals surface area contributed by atoms with Crippen LogP contribution in [0.5, 0.6) is 5.75 Å². The minimum Gasteiger partial charge on any atom is -0.494 e. The van der Waals surface area contributed by atoms with Gasteiger partial charge in [0.15, 0.2) is 11.6 Å². The standard InChI is InChI=1S/C13H12F4N2O/c1-3-18-9-6-12(13(15,16)17)19-10-5-8(14)11(20-2)4-7(9)10/h4-6H,3H2,1-2H3,(H,18,19). The number of aromatic nitrogens is 1. The van der Waals surface area contributed by atoms with Gasteiger partial charge in [-0.25, -0.2) is 9.37 Å². The van der Waals surface area contributed by atoms with Crippen molar-refractivity contribution in [2.45, 2.75) is 13.1 Å². The SMILES string of the molecule is CCNc1cc(C(F)(F)F)nc2cc(F)c(OC)cc12. The highest BCUT2D eigenvalue weighted by molar-refractivity contribution is 5.92. The molecular weight excluding hydrogens is 276 g/mol. The van der Waals surface area contributed by atoms with Gasteiger partial charge in [-0.05, 0) is 19.1 Å². The van der Waals surface area contributed by atoms with E-state index in [1.807, 2.05) is 0 Å². The van der Waals surface area contributed by atoms with E-state index in [0.29, 0.717) is 11.9 Å². The summed E-state index contributed by atoms with van der Waals surface area (Å²) in [5.74, 6) is -0.799. The van der Waals surface area contributed by atoms with Crippen molar-refractivity contribution in [3.05, 3.63) is 29.7 Å². The molecule has 0 saturated carbocycles. The zero-order chi connectivity index (χ0) is 14.9. The topological polar surface area (TPSA) is 34.2 Å². The van der Waals surface area contributed by atoms with E-state index < -0.39 is 17.7 Å². The molecule has 0 radical (unpaired) electrons. The van der Waals surface area contributed by atoms with Gasteiger partial charge in [-0.2, -0.15) is 13.2 Å². The van der Waals surface area contributed by atoms with Gasteiger partial charge in [-0.3, -0.25) is 0 Å². The van der Waals surface area contributed by atoms with E-state index in [9.17, 15) is 17.6 Å². The number of nitrogens with one attached hydrogen (secondary N) is 1. The fourth-order valence-corrected chi connectivity index (χ4v) is 1.87. The van der Waals surface area contributed by atoms with E-state index in [0.717, 1.165) is 12.1 Å². The Kier molecular flexibility index (Phi) is 3.69. The van der Waals surface area contributed by atoms with Crippen LogP contribution < -0.4 is 10.1 Å². The molecule has 0 amide bonds. The molecule has 0 aliphatic carbocycles. The molecule has 0 saturated heterocycles. The Morgan fingerprint density at radius 3 is 2.50 bits per heavy atom. The number of rotatable bonds is 3. The van der Waals surface area contributed by atoms with Gasteiger partial charge >= 0.3 is 6.18 Å². The molecule has 0 aliphatic rings. The maximum atomic E-state index is 13.6. The van der Waals surface area contributed by atoms with E-state index in [-0.39, 0.29) is 17.0 Å². The Morgan fingerprint density at radius 2 is 1.95 bits per heavy atom. The first-order valence-corrected chi connectivity index (χ1v) is 5.86. The third-order valence-electron chi connectivity index (χ3n) is 2.74. The molecule has 3 nitrogen and oxygen atoms in total. The summed E-state index contributed by atoms with van der Waals surface area (Å²) in [5.41, 5.74) is -0.900. The average Bonchev–Trinajstić information content (AvgIpc) is 2.37. The first kappa shape index (κ1) is 14.4. The second-order valence-corrected chi connectivity index (χ2v) is 4.09. The minimum absolute atomic E-state index is 0.0433. The molecule has 0 spiro atoms. The number of hydrogen-bond acceptors (Lipinski definition) is 3. The molecule has 0 aliphatic heterocycles. The third kappa shape index (κ3) is 2.61. The van der Waals surface area contributed by atoms with Crippen molar-refractivity contribution in [1.82, 2.24) is 4.98 Å². The Balaban J connectivity index is 2.74. The highest BCUT2D eigenvalue weighted by Gasteiger charge is 2.33. The molecule has 108 valence electrons. The van der Waals surface area contributed by atoms with Crippen molar-refractivity contribution < 1.29 is 22.3 Å². The van der Waals surface area contributed by atoms with Crippen LogP contribution >= 0.6 is 0 Å². The summed E-state index contributed by atoms with van der Waals surface area (Å²) in [7, 11) is 1.29. The number of methoxy groups -OCH3 is 1. The lowest BCUT2D eigenvalue weighted by Crippen LogP contribution is -2.10. The van der Waals surface area contributed by atoms with Crippen LogP contribution in [0.1, 0.15) is 12.6 Å². The second-order valence-electron chi connectivity index (χ2n) is 4.09. The molecule has 20 heavy (non-hydrogen) atoms. The summed E-state index contributed by atoms with van der Waals surface area (Å²) in [6, 6.07) is 3.17. The fraction of sp³-hybridized carbons (Fsp3) is 0.308. The Hall–Kier alpha value is -2.05. The maximum absolute atomic E-state index is 13.6. The molecule has 7 heteroatoms. The quantitative estimate of drug-likeness (QED) is 0.871. The zero-order valence-corrected chi connectivity index (χ0v) is 10.8. The highest BCUT2D eigenvalue weighted by Crippen LogP contribution is 2.35. The summed E-state index contributed by atoms with van der Waals surface area (Å²) in [4.78, 5) is 3.47. The molecular formula is C13H12F4N2O. The number of benzene rings is 1. The fourth-order valence-electron chi connectivity index (χ4n) is 1.87. The molecule has 1 N–H and O–H groups in total. The number of alkyl halides is 3. The normalized spacial score (nSPS) is 11.7. The number of fused-ring (bicyclic) bond motifs is 1. The first-order chi connectivity index (χ1) is 9.36. The molecule has 2 aromatic rings. The highest BCUT2D eigenvalue weighted by atomic mass is 19.4. The van der Waals surface area contributed by atoms with E-state index >= 15 is 0 Å². The summed E-state index contributed by atoms with van der Waals surface area (Å²) in [6.45, 7) is 2.18. The molecule has 1 heterocycles. The van der Waals surface area contributed by atoms with E-state index in [2.05, 4.69) is 10.3 Å². The number of nitrogens with zero attached hydrogens (tertiary/aromatic N) is 1. The van der Waals surface area contributed by atoms with Crippen LogP contribution in [0.4, 0.5) is 23.2 Å². The Bertz CT molecular complexity index is 640. The number of anilines is 1. The van der Waals surface area contributed by atoms with Gasteiger partial charge in [0.25, 0.3) is 0 Å². The predicted molar refractivity (Wildman–Crippen MR) is 67.4 cm³/mol. The van der Waals surface area contributed by atoms with Crippen LogP contribution in [0.15, 0.2) is 18.2 Å². The van der Waals surface area contributed by atoms with Gasteiger partial charge in [0.1, 0.15) is 5.69 Å². The van der Waals surface area contributed by atoms with Crippen LogP contribution in [0.25, 0.3) is 10.9 Å². The summed E-state index contributed by atoms with van der Waals surface area (Å²) >= 11 is 0. The van der Waals surface area contributed by atoms with Crippen LogP contribution in [0.2, 0.25) is 0 Å². The van der Waals surface area contributed by atoms with Gasteiger partial charge < -0.3 is 10.1 Å². The smallest absolute Gasteiger partial charge is 0.433 e. The minimum atomic E-state index is -4.59. The van der Waals surface area contributed by atoms with Crippen molar-refractivity contribution in [3.8, 4) is 5.75 Å². The van der Waals surface area contributed by atoms with Crippen molar-refractivity contribution in [3.63, 3.8) is 0 Å². The Labute approximate surface area is 112 Å². The van der Waals surface area contributed by atoms with Crippen molar-refractivity contribution >= 4 is 16.6 Å². The Morgan fingerprint density at radius 1 is 1.25 bits per heavy atom. The molecule has 0 fully saturated rings. The van der Waals surface area contributed by atoms with Crippen LogP contribution in [0, 0.1) is 5.82 Å². The average molecular weight is 288 g/mol. The van der Waals surface area contributed by atoms with Gasteiger partial charge in [-0.15, -0.1) is 0 Å². The van der Waals surface area contributed by atoms with Gasteiger partial charge in [-0.1, -0.05) is 0 Å². The number of hydrogen-bond donors (Lipinski definition) is 1. The van der Waals surface area contributed by atoms with E-state index in [1.54, 1.807) is 6.92 Å². The van der Waals surface area contributed by atoms with E-state index in [4.69, 9.17) is 4.74 Å². The van der Waals surface area contributed by atoms with Gasteiger partial charge in [0.2, 0.25) is 0 Å². The monoisotopic (exact) mass is 288 g/mol. The van der Waals surface area contributed by atoms with Gasteiger partial charge in [0.05, 0.1) is 12.6 Å². The first-order valence-electron chi connectivity index (χ1n) is 5.86. The summed E-state index contributed by atoms with van der Waals surface area (Å²) < 4.78 is 56.8. The summed E-state index contributed by atoms with van der Waals surface area (Å²) in [6.07, 6.45) is -4.59. The largest absolute Gasteiger partial charge is 0.494 e. The molecule has 1 aromatic heterocycles. The lowest BCUT2D eigenvalue weighted by Gasteiger charge is -2.13. The van der Waals surface area contributed by atoms with Crippen LogP contribution in [-0.4, -0.2) is 18.6 Å². The van der Waals surface area contributed by atoms with Gasteiger partial charge in [0, 0.05) is 23.7 Å². The molecule has 0 bridgehead atoms. The number of halogens is 4. The molecule has 1 aromatic carbocycles. The van der Waals surface area contributed by atoms with Crippen molar-refractivity contribution in [1.29, 1.82) is 0 Å². The van der Waals surface area contributed by atoms with Crippen LogP contribution in [-0.2, 0) is 6.18 Å². The number of ether oxygens (including phenoxy) is 1. The van der Waals surface area contributed by atoms with Crippen molar-refractivity contribution in [2.24, 2.45) is 0 Å². The second kappa shape index (κ2) is 5.15. The number of pyridine rings is 1.